The van der Waals surface area contributed by atoms with Gasteiger partial charge in [-0.2, -0.15) is 0 Å². The van der Waals surface area contributed by atoms with E-state index in [1.165, 1.54) is 0 Å². The molecule has 0 radical (unpaired) electrons. The zero-order valence-corrected chi connectivity index (χ0v) is 9.86. The summed E-state index contributed by atoms with van der Waals surface area (Å²) in [5.41, 5.74) is 0.862. The Morgan fingerprint density at radius 3 is 2.44 bits per heavy atom. The Bertz CT molecular complexity index is 381. The fourth-order valence-electron chi connectivity index (χ4n) is 1.65. The van der Waals surface area contributed by atoms with Crippen LogP contribution in [0.25, 0.3) is 0 Å². The molecule has 1 aliphatic heterocycles. The van der Waals surface area contributed by atoms with E-state index in [-0.39, 0.29) is 23.7 Å². The van der Waals surface area contributed by atoms with Crippen molar-refractivity contribution in [2.75, 3.05) is 0 Å². The molecule has 16 heavy (non-hydrogen) atoms. The predicted molar refractivity (Wildman–Crippen MR) is 62.0 cm³/mol. The Kier molecular flexibility index (Phi) is 2.72. The number of benzene rings is 1. The van der Waals surface area contributed by atoms with Crippen LogP contribution in [0.15, 0.2) is 30.3 Å². The highest BCUT2D eigenvalue weighted by molar-refractivity contribution is 5.84. The van der Waals surface area contributed by atoms with Crippen LogP contribution in [0.4, 0.5) is 0 Å². The molecule has 3 heteroatoms. The van der Waals surface area contributed by atoms with Crippen LogP contribution in [0, 0.1) is 0 Å². The fraction of sp³-hybridized carbons (Fsp3) is 0.462. The second-order valence-electron chi connectivity index (χ2n) is 5.13. The molecular weight excluding hydrogens is 202 g/mol. The van der Waals surface area contributed by atoms with Crippen LogP contribution >= 0.6 is 0 Å². The Labute approximate surface area is 95.8 Å². The SMILES string of the molecule is CC(C)(C)NC(=O)C1OC1c1ccccc1. The molecule has 0 bridgehead atoms. The van der Waals surface area contributed by atoms with Crippen LogP contribution in [0.2, 0.25) is 0 Å². The second-order valence-corrected chi connectivity index (χ2v) is 5.13. The number of carbonyl (C=O) groups is 1. The number of ether oxygens (including phenoxy) is 1. The maximum Gasteiger partial charge on any atom is 0.252 e. The number of epoxide rings is 1. The third-order valence-electron chi connectivity index (χ3n) is 2.38. The zero-order chi connectivity index (χ0) is 11.8. The summed E-state index contributed by atoms with van der Waals surface area (Å²) in [5.74, 6) is -0.0265. The van der Waals surface area contributed by atoms with E-state index in [0.29, 0.717) is 0 Å². The molecule has 3 nitrogen and oxygen atoms in total. The maximum absolute atomic E-state index is 11.8. The van der Waals surface area contributed by atoms with Crippen LogP contribution in [-0.2, 0) is 9.53 Å². The van der Waals surface area contributed by atoms with Gasteiger partial charge < -0.3 is 10.1 Å². The van der Waals surface area contributed by atoms with Crippen molar-refractivity contribution in [1.29, 1.82) is 0 Å². The molecule has 1 saturated heterocycles. The minimum atomic E-state index is -0.318. The van der Waals surface area contributed by atoms with Gasteiger partial charge in [0.2, 0.25) is 0 Å². The minimum absolute atomic E-state index is 0.0265. The first-order valence-corrected chi connectivity index (χ1v) is 5.50. The quantitative estimate of drug-likeness (QED) is 0.773. The first-order valence-electron chi connectivity index (χ1n) is 5.50. The summed E-state index contributed by atoms with van der Waals surface area (Å²) in [4.78, 5) is 11.8. The summed E-state index contributed by atoms with van der Waals surface area (Å²) in [6, 6.07) is 9.83. The first kappa shape index (κ1) is 11.1. The number of rotatable bonds is 2. The van der Waals surface area contributed by atoms with Crippen LogP contribution in [0.3, 0.4) is 0 Å². The van der Waals surface area contributed by atoms with Crippen molar-refractivity contribution in [3.05, 3.63) is 35.9 Å². The second kappa shape index (κ2) is 3.91. The third kappa shape index (κ3) is 2.61. The number of amides is 1. The molecule has 1 N–H and O–H groups in total. The molecule has 1 aromatic carbocycles. The highest BCUT2D eigenvalue weighted by Gasteiger charge is 2.46. The molecule has 2 rings (SSSR count). The van der Waals surface area contributed by atoms with Gasteiger partial charge in [-0.05, 0) is 26.3 Å². The van der Waals surface area contributed by atoms with Gasteiger partial charge >= 0.3 is 0 Å². The van der Waals surface area contributed by atoms with Crippen molar-refractivity contribution in [2.45, 2.75) is 38.5 Å². The van der Waals surface area contributed by atoms with Crippen molar-refractivity contribution >= 4 is 5.91 Å². The van der Waals surface area contributed by atoms with E-state index < -0.39 is 0 Å². The average molecular weight is 219 g/mol. The van der Waals surface area contributed by atoms with Gasteiger partial charge in [0.15, 0.2) is 6.10 Å². The number of hydrogen-bond donors (Lipinski definition) is 1. The van der Waals surface area contributed by atoms with E-state index in [1.807, 2.05) is 51.1 Å². The molecule has 0 spiro atoms. The summed E-state index contributed by atoms with van der Waals surface area (Å²) in [5, 5.41) is 2.92. The van der Waals surface area contributed by atoms with E-state index in [4.69, 9.17) is 4.74 Å². The Morgan fingerprint density at radius 2 is 1.88 bits per heavy atom. The van der Waals surface area contributed by atoms with Gasteiger partial charge in [-0.3, -0.25) is 4.79 Å². The highest BCUT2D eigenvalue weighted by atomic mass is 16.6. The third-order valence-corrected chi connectivity index (χ3v) is 2.38. The molecular formula is C13H17NO2. The van der Waals surface area contributed by atoms with Crippen molar-refractivity contribution < 1.29 is 9.53 Å². The van der Waals surface area contributed by atoms with Crippen molar-refractivity contribution in [1.82, 2.24) is 5.32 Å². The lowest BCUT2D eigenvalue weighted by molar-refractivity contribution is -0.123. The van der Waals surface area contributed by atoms with Crippen LogP contribution < -0.4 is 5.32 Å². The lowest BCUT2D eigenvalue weighted by Gasteiger charge is -2.19. The van der Waals surface area contributed by atoms with Gasteiger partial charge in [-0.1, -0.05) is 30.3 Å². The van der Waals surface area contributed by atoms with E-state index in [2.05, 4.69) is 5.32 Å². The van der Waals surface area contributed by atoms with E-state index in [0.717, 1.165) is 5.56 Å². The number of hydrogen-bond acceptors (Lipinski definition) is 2. The molecule has 0 aromatic heterocycles. The summed E-state index contributed by atoms with van der Waals surface area (Å²) in [7, 11) is 0. The molecule has 1 fully saturated rings. The van der Waals surface area contributed by atoms with Gasteiger partial charge in [0, 0.05) is 5.54 Å². The van der Waals surface area contributed by atoms with E-state index in [1.54, 1.807) is 0 Å². The van der Waals surface area contributed by atoms with Gasteiger partial charge in [0.05, 0.1) is 0 Å². The number of carbonyl (C=O) groups excluding carboxylic acids is 1. The molecule has 2 unspecified atom stereocenters. The highest BCUT2D eigenvalue weighted by Crippen LogP contribution is 2.38. The monoisotopic (exact) mass is 219 g/mol. The van der Waals surface area contributed by atoms with Crippen molar-refractivity contribution in [3.63, 3.8) is 0 Å². The largest absolute Gasteiger partial charge is 0.354 e. The van der Waals surface area contributed by atoms with E-state index >= 15 is 0 Å². The fourth-order valence-corrected chi connectivity index (χ4v) is 1.65. The smallest absolute Gasteiger partial charge is 0.252 e. The molecule has 1 heterocycles. The predicted octanol–water partition coefficient (Wildman–Crippen LogP) is 2.04. The zero-order valence-electron chi connectivity index (χ0n) is 9.86. The molecule has 0 saturated carbocycles. The summed E-state index contributed by atoms with van der Waals surface area (Å²) in [6.07, 6.45) is -0.384. The van der Waals surface area contributed by atoms with Gasteiger partial charge in [0.1, 0.15) is 6.10 Å². The Hall–Kier alpha value is -1.35. The van der Waals surface area contributed by atoms with Crippen LogP contribution in [-0.4, -0.2) is 17.6 Å². The van der Waals surface area contributed by atoms with Crippen molar-refractivity contribution in [3.8, 4) is 0 Å². The van der Waals surface area contributed by atoms with Gasteiger partial charge in [-0.15, -0.1) is 0 Å². The van der Waals surface area contributed by atoms with Gasteiger partial charge in [-0.25, -0.2) is 0 Å². The maximum atomic E-state index is 11.8. The summed E-state index contributed by atoms with van der Waals surface area (Å²) >= 11 is 0. The molecule has 86 valence electrons. The molecule has 2 atom stereocenters. The lowest BCUT2D eigenvalue weighted by Crippen LogP contribution is -2.43. The standard InChI is InChI=1S/C13H17NO2/c1-13(2,3)14-12(15)11-10(16-11)9-7-5-4-6-8-9/h4-8,10-11H,1-3H3,(H,14,15). The lowest BCUT2D eigenvalue weighted by atomic mass is 10.1. The van der Waals surface area contributed by atoms with Crippen molar-refractivity contribution in [2.24, 2.45) is 0 Å². The number of nitrogens with one attached hydrogen (secondary N) is 1. The van der Waals surface area contributed by atoms with E-state index in [9.17, 15) is 4.79 Å². The molecule has 1 aliphatic rings. The van der Waals surface area contributed by atoms with Crippen LogP contribution in [0.5, 0.6) is 0 Å². The summed E-state index contributed by atoms with van der Waals surface area (Å²) in [6.45, 7) is 5.89. The minimum Gasteiger partial charge on any atom is -0.354 e. The molecule has 1 aromatic rings. The van der Waals surface area contributed by atoms with Crippen LogP contribution in [0.1, 0.15) is 32.4 Å². The average Bonchev–Trinajstić information content (AvgIpc) is 2.96. The molecule has 0 aliphatic carbocycles. The normalized spacial score (nSPS) is 23.9. The topological polar surface area (TPSA) is 41.6 Å². The summed E-state index contributed by atoms with van der Waals surface area (Å²) < 4.78 is 5.40. The molecule has 1 amide bonds. The van der Waals surface area contributed by atoms with Gasteiger partial charge in [0.25, 0.3) is 5.91 Å². The Balaban J connectivity index is 1.95. The first-order chi connectivity index (χ1) is 7.47. The Morgan fingerprint density at radius 1 is 1.25 bits per heavy atom.